The number of hydrogen-bond acceptors (Lipinski definition) is 4. The summed E-state index contributed by atoms with van der Waals surface area (Å²) in [6.45, 7) is 4.17. The van der Waals surface area contributed by atoms with Crippen molar-refractivity contribution in [1.82, 2.24) is 19.7 Å². The van der Waals surface area contributed by atoms with Gasteiger partial charge in [-0.2, -0.15) is 5.10 Å². The molecule has 0 aliphatic carbocycles. The fraction of sp³-hybridized carbons (Fsp3) is 0.545. The Morgan fingerprint density at radius 1 is 1.59 bits per heavy atom. The second kappa shape index (κ2) is 4.57. The normalized spacial score (nSPS) is 13.1. The third-order valence-corrected chi connectivity index (χ3v) is 2.91. The van der Waals surface area contributed by atoms with Crippen molar-refractivity contribution in [2.75, 3.05) is 5.73 Å². The molecule has 1 unspecified atom stereocenters. The third kappa shape index (κ3) is 2.02. The molecule has 0 aliphatic rings. The Bertz CT molecular complexity index is 571. The molecule has 0 saturated carbocycles. The monoisotopic (exact) mass is 235 g/mol. The molecule has 17 heavy (non-hydrogen) atoms. The number of nitrogens with two attached hydrogens (primary N) is 1. The second-order valence-electron chi connectivity index (χ2n) is 4.25. The highest BCUT2D eigenvalue weighted by Crippen LogP contribution is 2.21. The molecule has 0 amide bonds. The van der Waals surface area contributed by atoms with Gasteiger partial charge >= 0.3 is 0 Å². The van der Waals surface area contributed by atoms with Gasteiger partial charge in [-0.1, -0.05) is 19.8 Å². The molecule has 1 atom stereocenters. The number of nitrogen functional groups attached to an aromatic ring is 1. The molecule has 0 fully saturated rings. The fourth-order valence-electron chi connectivity index (χ4n) is 1.95. The summed E-state index contributed by atoms with van der Waals surface area (Å²) in [7, 11) is 0. The van der Waals surface area contributed by atoms with Crippen LogP contribution in [0.5, 0.6) is 0 Å². The van der Waals surface area contributed by atoms with Crippen LogP contribution in [-0.4, -0.2) is 19.7 Å². The summed E-state index contributed by atoms with van der Waals surface area (Å²) < 4.78 is 1.69. The third-order valence-electron chi connectivity index (χ3n) is 2.91. The number of aromatic amines is 1. The number of anilines is 1. The number of nitrogens with one attached hydrogen (secondary N) is 1. The zero-order valence-corrected chi connectivity index (χ0v) is 10.1. The lowest BCUT2D eigenvalue weighted by Crippen LogP contribution is -2.15. The first-order chi connectivity index (χ1) is 8.15. The van der Waals surface area contributed by atoms with Gasteiger partial charge in [0.15, 0.2) is 11.3 Å². The van der Waals surface area contributed by atoms with Crippen LogP contribution >= 0.6 is 0 Å². The van der Waals surface area contributed by atoms with E-state index in [2.05, 4.69) is 22.0 Å². The second-order valence-corrected chi connectivity index (χ2v) is 4.25. The predicted molar refractivity (Wildman–Crippen MR) is 66.8 cm³/mol. The van der Waals surface area contributed by atoms with Crippen LogP contribution in [0.2, 0.25) is 0 Å². The minimum absolute atomic E-state index is 0.153. The van der Waals surface area contributed by atoms with Crippen molar-refractivity contribution in [2.45, 2.75) is 39.2 Å². The van der Waals surface area contributed by atoms with E-state index in [9.17, 15) is 4.79 Å². The van der Waals surface area contributed by atoms with Crippen molar-refractivity contribution in [3.63, 3.8) is 0 Å². The van der Waals surface area contributed by atoms with Crippen molar-refractivity contribution >= 4 is 16.9 Å². The van der Waals surface area contributed by atoms with Crippen LogP contribution in [-0.2, 0) is 0 Å². The van der Waals surface area contributed by atoms with Crippen molar-refractivity contribution in [3.8, 4) is 0 Å². The van der Waals surface area contributed by atoms with Crippen LogP contribution in [0.1, 0.15) is 39.2 Å². The molecule has 6 heteroatoms. The van der Waals surface area contributed by atoms with Crippen molar-refractivity contribution < 1.29 is 0 Å². The molecule has 3 N–H and O–H groups in total. The highest BCUT2D eigenvalue weighted by molar-refractivity contribution is 5.84. The van der Waals surface area contributed by atoms with Gasteiger partial charge in [0, 0.05) is 0 Å². The largest absolute Gasteiger partial charge is 0.380 e. The first kappa shape index (κ1) is 11.6. The SMILES string of the molecule is CCCCC(C)n1nc(N)c2nc[nH]c(=O)c21. The minimum atomic E-state index is -0.192. The zero-order valence-electron chi connectivity index (χ0n) is 10.1. The van der Waals surface area contributed by atoms with Gasteiger partial charge in [-0.3, -0.25) is 9.48 Å². The molecule has 0 spiro atoms. The molecule has 2 aromatic heterocycles. The average molecular weight is 235 g/mol. The fourth-order valence-corrected chi connectivity index (χ4v) is 1.95. The maximum absolute atomic E-state index is 11.8. The van der Waals surface area contributed by atoms with Gasteiger partial charge in [0.25, 0.3) is 5.56 Å². The summed E-state index contributed by atoms with van der Waals surface area (Å²) in [6.07, 6.45) is 4.54. The average Bonchev–Trinajstić information content (AvgIpc) is 2.66. The summed E-state index contributed by atoms with van der Waals surface area (Å²) in [6, 6.07) is 0.153. The van der Waals surface area contributed by atoms with E-state index in [1.54, 1.807) is 4.68 Å². The van der Waals surface area contributed by atoms with E-state index in [-0.39, 0.29) is 11.6 Å². The molecule has 0 radical (unpaired) electrons. The minimum Gasteiger partial charge on any atom is -0.380 e. The van der Waals surface area contributed by atoms with Crippen LogP contribution in [0.25, 0.3) is 11.0 Å². The van der Waals surface area contributed by atoms with Crippen molar-refractivity contribution in [1.29, 1.82) is 0 Å². The lowest BCUT2D eigenvalue weighted by atomic mass is 10.1. The topological polar surface area (TPSA) is 89.6 Å². The Hall–Kier alpha value is -1.85. The zero-order chi connectivity index (χ0) is 12.4. The highest BCUT2D eigenvalue weighted by Gasteiger charge is 2.16. The lowest BCUT2D eigenvalue weighted by molar-refractivity contribution is 0.457. The number of H-pyrrole nitrogens is 1. The van der Waals surface area contributed by atoms with E-state index in [1.807, 2.05) is 6.92 Å². The van der Waals surface area contributed by atoms with Crippen LogP contribution in [0.3, 0.4) is 0 Å². The standard InChI is InChI=1S/C11H17N5O/c1-3-4-5-7(2)16-9-8(10(12)15-16)13-6-14-11(9)17/h6-7H,3-5H2,1-2H3,(H2,12,15)(H,13,14,17). The Labute approximate surface area is 98.9 Å². The summed E-state index contributed by atoms with van der Waals surface area (Å²) in [4.78, 5) is 18.4. The Morgan fingerprint density at radius 3 is 3.06 bits per heavy atom. The number of fused-ring (bicyclic) bond motifs is 1. The summed E-state index contributed by atoms with van der Waals surface area (Å²) >= 11 is 0. The van der Waals surface area contributed by atoms with Gasteiger partial charge in [0.05, 0.1) is 12.4 Å². The summed E-state index contributed by atoms with van der Waals surface area (Å²) in [5.41, 5.74) is 6.52. The van der Waals surface area contributed by atoms with Gasteiger partial charge in [-0.25, -0.2) is 4.98 Å². The molecular weight excluding hydrogens is 218 g/mol. The molecular formula is C11H17N5O. The van der Waals surface area contributed by atoms with Crippen molar-refractivity contribution in [2.24, 2.45) is 0 Å². The first-order valence-corrected chi connectivity index (χ1v) is 5.86. The number of aromatic nitrogens is 4. The van der Waals surface area contributed by atoms with Crippen LogP contribution in [0.4, 0.5) is 5.82 Å². The Balaban J connectivity index is 2.51. The molecule has 0 saturated heterocycles. The summed E-state index contributed by atoms with van der Waals surface area (Å²) in [5.74, 6) is 0.314. The molecule has 2 aromatic rings. The van der Waals surface area contributed by atoms with Gasteiger partial charge in [0.2, 0.25) is 0 Å². The van der Waals surface area contributed by atoms with Gasteiger partial charge in [0.1, 0.15) is 5.52 Å². The first-order valence-electron chi connectivity index (χ1n) is 5.86. The smallest absolute Gasteiger partial charge is 0.276 e. The van der Waals surface area contributed by atoms with Gasteiger partial charge in [-0.05, 0) is 13.3 Å². The van der Waals surface area contributed by atoms with Crippen LogP contribution in [0.15, 0.2) is 11.1 Å². The van der Waals surface area contributed by atoms with Crippen LogP contribution < -0.4 is 11.3 Å². The van der Waals surface area contributed by atoms with E-state index >= 15 is 0 Å². The molecule has 92 valence electrons. The number of rotatable bonds is 4. The molecule has 0 aromatic carbocycles. The van der Waals surface area contributed by atoms with E-state index in [4.69, 9.17) is 5.73 Å². The number of nitrogens with zero attached hydrogens (tertiary/aromatic N) is 3. The Morgan fingerprint density at radius 2 is 2.35 bits per heavy atom. The van der Waals surface area contributed by atoms with Gasteiger partial charge < -0.3 is 10.7 Å². The summed E-state index contributed by atoms with van der Waals surface area (Å²) in [5, 5.41) is 4.22. The quantitative estimate of drug-likeness (QED) is 0.839. The van der Waals surface area contributed by atoms with E-state index in [0.29, 0.717) is 16.9 Å². The van der Waals surface area contributed by atoms with E-state index in [0.717, 1.165) is 19.3 Å². The van der Waals surface area contributed by atoms with Crippen LogP contribution in [0, 0.1) is 0 Å². The molecule has 0 aliphatic heterocycles. The highest BCUT2D eigenvalue weighted by atomic mass is 16.1. The molecule has 0 bridgehead atoms. The molecule has 2 rings (SSSR count). The van der Waals surface area contributed by atoms with E-state index in [1.165, 1.54) is 6.33 Å². The van der Waals surface area contributed by atoms with E-state index < -0.39 is 0 Å². The number of hydrogen-bond donors (Lipinski definition) is 2. The van der Waals surface area contributed by atoms with Crippen molar-refractivity contribution in [3.05, 3.63) is 16.7 Å². The lowest BCUT2D eigenvalue weighted by Gasteiger charge is -2.11. The maximum Gasteiger partial charge on any atom is 0.276 e. The predicted octanol–water partition coefficient (Wildman–Crippen LogP) is 1.45. The molecule has 2 heterocycles. The number of unbranched alkanes of at least 4 members (excludes halogenated alkanes) is 1. The molecule has 6 nitrogen and oxygen atoms in total. The maximum atomic E-state index is 11.8. The Kier molecular flexibility index (Phi) is 3.12. The van der Waals surface area contributed by atoms with Gasteiger partial charge in [-0.15, -0.1) is 0 Å².